The van der Waals surface area contributed by atoms with Gasteiger partial charge in [-0.15, -0.1) is 0 Å². The third-order valence-corrected chi connectivity index (χ3v) is 7.07. The molecule has 2 aliphatic rings. The van der Waals surface area contributed by atoms with Crippen LogP contribution in [0.4, 0.5) is 0 Å². The second-order valence-electron chi connectivity index (χ2n) is 9.48. The van der Waals surface area contributed by atoms with Gasteiger partial charge < -0.3 is 24.5 Å². The Morgan fingerprint density at radius 1 is 1.17 bits per heavy atom. The predicted octanol–water partition coefficient (Wildman–Crippen LogP) is 3.47. The van der Waals surface area contributed by atoms with Crippen molar-refractivity contribution in [1.29, 1.82) is 0 Å². The minimum absolute atomic E-state index is 0.0513. The molecule has 0 atom stereocenters. The van der Waals surface area contributed by atoms with Crippen LogP contribution in [0.2, 0.25) is 0 Å². The minimum Gasteiger partial charge on any atom is -0.451 e. The third-order valence-electron chi connectivity index (χ3n) is 7.07. The van der Waals surface area contributed by atoms with E-state index in [0.717, 1.165) is 61.1 Å². The summed E-state index contributed by atoms with van der Waals surface area (Å²) in [6, 6.07) is 9.31. The monoisotopic (exact) mass is 477 g/mol. The fraction of sp³-hybridized carbons (Fsp3) is 0.462. The fourth-order valence-electron chi connectivity index (χ4n) is 5.00. The molecule has 2 aromatic heterocycles. The molecule has 184 valence electrons. The van der Waals surface area contributed by atoms with Gasteiger partial charge >= 0.3 is 0 Å². The van der Waals surface area contributed by atoms with Gasteiger partial charge in [0.15, 0.2) is 5.76 Å². The van der Waals surface area contributed by atoms with E-state index in [-0.39, 0.29) is 30.2 Å². The number of likely N-dealkylation sites (N-methyl/N-ethyl adjacent to an activating group) is 1. The molecule has 0 bridgehead atoms. The summed E-state index contributed by atoms with van der Waals surface area (Å²) >= 11 is 0. The van der Waals surface area contributed by atoms with Crippen LogP contribution in [0.1, 0.15) is 61.3 Å². The molecule has 1 saturated heterocycles. The lowest BCUT2D eigenvalue weighted by atomic mass is 9.94. The molecule has 0 radical (unpaired) electrons. The van der Waals surface area contributed by atoms with Gasteiger partial charge in [0, 0.05) is 31.6 Å². The topological polar surface area (TPSA) is 112 Å². The molecule has 0 spiro atoms. The number of hydrogen-bond donors (Lipinski definition) is 2. The number of benzene rings is 1. The van der Waals surface area contributed by atoms with Crippen molar-refractivity contribution in [3.63, 3.8) is 0 Å². The number of nitrogens with one attached hydrogen (secondary N) is 2. The van der Waals surface area contributed by atoms with Crippen molar-refractivity contribution in [2.75, 3.05) is 20.1 Å². The van der Waals surface area contributed by atoms with E-state index in [1.54, 1.807) is 17.0 Å². The van der Waals surface area contributed by atoms with E-state index in [1.165, 1.54) is 6.42 Å². The van der Waals surface area contributed by atoms with E-state index in [0.29, 0.717) is 18.7 Å². The standard InChI is InChI=1S/C26H31N5O4/c1-30(18-6-3-2-4-7-18)25(33)15-27-26(34)22-12-11-21(35-22)17-9-10-19-20(14-17)29-23(28-19)16-31-13-5-8-24(31)32/h9-12,14,18H,2-8,13,15-16H2,1H3,(H,27,34)(H,28,29). The molecule has 0 unspecified atom stereocenters. The molecule has 35 heavy (non-hydrogen) atoms. The molecule has 2 N–H and O–H groups in total. The molecule has 1 saturated carbocycles. The maximum atomic E-state index is 12.6. The number of furan rings is 1. The van der Waals surface area contributed by atoms with Crippen molar-refractivity contribution in [3.05, 3.63) is 41.9 Å². The molecular formula is C26H31N5O4. The van der Waals surface area contributed by atoms with Crippen LogP contribution in [-0.2, 0) is 16.1 Å². The zero-order valence-electron chi connectivity index (χ0n) is 20.0. The molecule has 3 amide bonds. The lowest BCUT2D eigenvalue weighted by Gasteiger charge is -2.31. The van der Waals surface area contributed by atoms with Crippen LogP contribution in [0.15, 0.2) is 34.7 Å². The highest BCUT2D eigenvalue weighted by Crippen LogP contribution is 2.26. The van der Waals surface area contributed by atoms with E-state index in [9.17, 15) is 14.4 Å². The van der Waals surface area contributed by atoms with Gasteiger partial charge in [-0.25, -0.2) is 4.98 Å². The number of hydrogen-bond acceptors (Lipinski definition) is 5. The van der Waals surface area contributed by atoms with Crippen LogP contribution in [0.3, 0.4) is 0 Å². The van der Waals surface area contributed by atoms with Gasteiger partial charge in [-0.2, -0.15) is 0 Å². The first-order valence-corrected chi connectivity index (χ1v) is 12.4. The fourth-order valence-corrected chi connectivity index (χ4v) is 5.00. The van der Waals surface area contributed by atoms with Crippen LogP contribution in [-0.4, -0.2) is 63.7 Å². The Balaban J connectivity index is 1.21. The SMILES string of the molecule is CN(C(=O)CNC(=O)c1ccc(-c2ccc3nc(CN4CCCC4=O)[nH]c3c2)o1)C1CCCCC1. The zero-order chi connectivity index (χ0) is 24.4. The lowest BCUT2D eigenvalue weighted by Crippen LogP contribution is -2.44. The highest BCUT2D eigenvalue weighted by molar-refractivity contribution is 5.95. The van der Waals surface area contributed by atoms with Crippen molar-refractivity contribution in [3.8, 4) is 11.3 Å². The molecule has 2 fully saturated rings. The van der Waals surface area contributed by atoms with Gasteiger partial charge in [0.25, 0.3) is 5.91 Å². The normalized spacial score (nSPS) is 16.7. The number of aromatic amines is 1. The Morgan fingerprint density at radius 3 is 2.77 bits per heavy atom. The average molecular weight is 478 g/mol. The molecule has 3 heterocycles. The van der Waals surface area contributed by atoms with Crippen LogP contribution in [0.25, 0.3) is 22.4 Å². The first-order valence-electron chi connectivity index (χ1n) is 12.4. The van der Waals surface area contributed by atoms with Crippen LogP contribution < -0.4 is 5.32 Å². The zero-order valence-corrected chi connectivity index (χ0v) is 20.0. The Hall–Kier alpha value is -3.62. The maximum Gasteiger partial charge on any atom is 0.287 e. The molecule has 1 aromatic carbocycles. The van der Waals surface area contributed by atoms with Crippen LogP contribution in [0.5, 0.6) is 0 Å². The highest BCUT2D eigenvalue weighted by atomic mass is 16.4. The van der Waals surface area contributed by atoms with Crippen molar-refractivity contribution in [1.82, 2.24) is 25.1 Å². The van der Waals surface area contributed by atoms with E-state index in [1.807, 2.05) is 30.1 Å². The van der Waals surface area contributed by atoms with Gasteiger partial charge in [0.05, 0.1) is 24.1 Å². The number of carbonyl (C=O) groups is 3. The second-order valence-corrected chi connectivity index (χ2v) is 9.48. The smallest absolute Gasteiger partial charge is 0.287 e. The third kappa shape index (κ3) is 5.08. The Kier molecular flexibility index (Phi) is 6.57. The van der Waals surface area contributed by atoms with Crippen molar-refractivity contribution in [2.24, 2.45) is 0 Å². The van der Waals surface area contributed by atoms with Gasteiger partial charge in [0.1, 0.15) is 11.6 Å². The molecule has 5 rings (SSSR count). The number of fused-ring (bicyclic) bond motifs is 1. The summed E-state index contributed by atoms with van der Waals surface area (Å²) in [5.74, 6) is 1.11. The van der Waals surface area contributed by atoms with E-state index < -0.39 is 5.91 Å². The highest BCUT2D eigenvalue weighted by Gasteiger charge is 2.23. The number of H-pyrrole nitrogens is 1. The summed E-state index contributed by atoms with van der Waals surface area (Å²) in [5.41, 5.74) is 2.44. The summed E-state index contributed by atoms with van der Waals surface area (Å²) in [5, 5.41) is 2.68. The summed E-state index contributed by atoms with van der Waals surface area (Å²) in [6.45, 7) is 1.19. The van der Waals surface area contributed by atoms with Crippen molar-refractivity contribution >= 4 is 28.8 Å². The maximum absolute atomic E-state index is 12.6. The predicted molar refractivity (Wildman–Crippen MR) is 130 cm³/mol. The molecule has 3 aromatic rings. The summed E-state index contributed by atoms with van der Waals surface area (Å²) in [4.78, 5) is 48.4. The molecule has 1 aliphatic carbocycles. The molecule has 9 heteroatoms. The Labute approximate surface area is 203 Å². The number of carbonyl (C=O) groups excluding carboxylic acids is 3. The molecule has 1 aliphatic heterocycles. The van der Waals surface area contributed by atoms with Crippen molar-refractivity contribution in [2.45, 2.75) is 57.5 Å². The van der Waals surface area contributed by atoms with Gasteiger partial charge in [0.2, 0.25) is 11.8 Å². The summed E-state index contributed by atoms with van der Waals surface area (Å²) in [6.07, 6.45) is 7.06. The number of nitrogens with zero attached hydrogens (tertiary/aromatic N) is 3. The van der Waals surface area contributed by atoms with Gasteiger partial charge in [-0.05, 0) is 49.6 Å². The lowest BCUT2D eigenvalue weighted by molar-refractivity contribution is -0.131. The van der Waals surface area contributed by atoms with E-state index in [4.69, 9.17) is 4.42 Å². The number of rotatable bonds is 7. The summed E-state index contributed by atoms with van der Waals surface area (Å²) < 4.78 is 5.79. The largest absolute Gasteiger partial charge is 0.451 e. The van der Waals surface area contributed by atoms with Crippen LogP contribution >= 0.6 is 0 Å². The number of likely N-dealkylation sites (tertiary alicyclic amines) is 1. The first kappa shape index (κ1) is 23.1. The number of amides is 3. The van der Waals surface area contributed by atoms with E-state index >= 15 is 0 Å². The number of imidazole rings is 1. The average Bonchev–Trinajstić information content (AvgIpc) is 3.62. The molecule has 9 nitrogen and oxygen atoms in total. The Morgan fingerprint density at radius 2 is 2.00 bits per heavy atom. The molecular weight excluding hydrogens is 446 g/mol. The van der Waals surface area contributed by atoms with Crippen molar-refractivity contribution < 1.29 is 18.8 Å². The van der Waals surface area contributed by atoms with Gasteiger partial charge in [-0.1, -0.05) is 19.3 Å². The quantitative estimate of drug-likeness (QED) is 0.541. The second kappa shape index (κ2) is 9.93. The minimum atomic E-state index is -0.415. The Bertz CT molecular complexity index is 1240. The number of aromatic nitrogens is 2. The van der Waals surface area contributed by atoms with Gasteiger partial charge in [-0.3, -0.25) is 14.4 Å². The van der Waals surface area contributed by atoms with Crippen LogP contribution in [0, 0.1) is 0 Å². The first-order chi connectivity index (χ1) is 17.0. The van der Waals surface area contributed by atoms with E-state index in [2.05, 4.69) is 15.3 Å². The summed E-state index contributed by atoms with van der Waals surface area (Å²) in [7, 11) is 1.81.